The summed E-state index contributed by atoms with van der Waals surface area (Å²) in [6.45, 7) is 7.08. The summed E-state index contributed by atoms with van der Waals surface area (Å²) >= 11 is 0. The molecule has 2 saturated heterocycles. The quantitative estimate of drug-likeness (QED) is 0.191. The standard InChI is InChI=1S/C41H58N10O8/c1-22(2)18-29-37(55)47-33(24(4)52)39(57)46-30(19-25-12-7-5-8-13-25)41(59)51-21-26(43-40(58)34-49-48-32-16-9-6-10-17-50(32)34)20-31(51)38(56)42-23(3)35(53)44-28-15-11-14-27(28)36(54)45-29/h5,7-8,12-13,22-24,26-31,33,52H,6,9-11,14-21H2,1-4H3,(H,42,56)(H,43,58)(H,44,53)(H,45,54)(H,46,57)(H,47,55)/t23-,24+,26+,27+,28+,29-,30-,31?,33-/m0/s1. The second-order valence-electron chi connectivity index (χ2n) is 16.9. The van der Waals surface area contributed by atoms with Crippen LogP contribution < -0.4 is 31.9 Å². The minimum atomic E-state index is -1.52. The zero-order valence-corrected chi connectivity index (χ0v) is 34.2. The maximum atomic E-state index is 14.8. The van der Waals surface area contributed by atoms with E-state index in [9.17, 15) is 38.7 Å². The molecule has 6 rings (SSSR count). The number of amides is 7. The smallest absolute Gasteiger partial charge is 0.289 e. The summed E-state index contributed by atoms with van der Waals surface area (Å²) < 4.78 is 1.80. The Labute approximate surface area is 343 Å². The third-order valence-corrected chi connectivity index (χ3v) is 11.8. The Morgan fingerprint density at radius 1 is 0.831 bits per heavy atom. The molecule has 4 heterocycles. The number of aliphatic hydroxyl groups is 1. The number of carbonyl (C=O) groups excluding carboxylic acids is 7. The van der Waals surface area contributed by atoms with E-state index in [0.29, 0.717) is 37.8 Å². The van der Waals surface area contributed by atoms with Gasteiger partial charge in [-0.05, 0) is 63.9 Å². The average molecular weight is 819 g/mol. The summed E-state index contributed by atoms with van der Waals surface area (Å²) in [7, 11) is 0. The lowest BCUT2D eigenvalue weighted by Gasteiger charge is -2.31. The molecule has 59 heavy (non-hydrogen) atoms. The van der Waals surface area contributed by atoms with Crippen LogP contribution in [0.5, 0.6) is 0 Å². The molecule has 9 atom stereocenters. The van der Waals surface area contributed by atoms with Crippen LogP contribution in [-0.2, 0) is 48.2 Å². The second-order valence-corrected chi connectivity index (χ2v) is 16.9. The van der Waals surface area contributed by atoms with Crippen molar-refractivity contribution in [3.05, 3.63) is 47.5 Å². The van der Waals surface area contributed by atoms with Crippen molar-refractivity contribution in [3.8, 4) is 0 Å². The van der Waals surface area contributed by atoms with Crippen molar-refractivity contribution < 1.29 is 38.7 Å². The molecule has 1 aromatic carbocycles. The molecule has 1 unspecified atom stereocenters. The zero-order valence-electron chi connectivity index (χ0n) is 34.2. The molecule has 0 spiro atoms. The highest BCUT2D eigenvalue weighted by molar-refractivity contribution is 5.98. The summed E-state index contributed by atoms with van der Waals surface area (Å²) in [6.07, 6.45) is 3.87. The molecule has 2 aromatic rings. The summed E-state index contributed by atoms with van der Waals surface area (Å²) in [5, 5.41) is 36.0. The molecular weight excluding hydrogens is 761 g/mol. The van der Waals surface area contributed by atoms with Crippen LogP contribution in [0.4, 0.5) is 0 Å². The Morgan fingerprint density at radius 2 is 1.58 bits per heavy atom. The van der Waals surface area contributed by atoms with Crippen LogP contribution in [0.1, 0.15) is 101 Å². The third-order valence-electron chi connectivity index (χ3n) is 11.8. The Bertz CT molecular complexity index is 1890. The highest BCUT2D eigenvalue weighted by Gasteiger charge is 2.45. The Morgan fingerprint density at radius 3 is 2.31 bits per heavy atom. The number of nitrogens with zero attached hydrogens (tertiary/aromatic N) is 4. The molecule has 1 saturated carbocycles. The fourth-order valence-electron chi connectivity index (χ4n) is 8.62. The summed E-state index contributed by atoms with van der Waals surface area (Å²) in [4.78, 5) is 99.2. The van der Waals surface area contributed by atoms with Crippen LogP contribution in [0.25, 0.3) is 0 Å². The van der Waals surface area contributed by atoms with Crippen molar-refractivity contribution in [1.29, 1.82) is 0 Å². The van der Waals surface area contributed by atoms with E-state index in [1.54, 1.807) is 34.9 Å². The predicted molar refractivity (Wildman–Crippen MR) is 213 cm³/mol. The van der Waals surface area contributed by atoms with Gasteiger partial charge in [-0.1, -0.05) is 57.0 Å². The van der Waals surface area contributed by atoms with Crippen molar-refractivity contribution >= 4 is 41.4 Å². The molecular formula is C41H58N10O8. The zero-order chi connectivity index (χ0) is 42.4. The molecule has 320 valence electrons. The van der Waals surface area contributed by atoms with Crippen LogP contribution in [0.15, 0.2) is 30.3 Å². The van der Waals surface area contributed by atoms with Gasteiger partial charge in [0.25, 0.3) is 5.91 Å². The predicted octanol–water partition coefficient (Wildman–Crippen LogP) is -0.369. The maximum absolute atomic E-state index is 14.8. The van der Waals surface area contributed by atoms with Gasteiger partial charge in [0, 0.05) is 38.0 Å². The van der Waals surface area contributed by atoms with E-state index in [1.165, 1.54) is 18.7 Å². The molecule has 3 aliphatic heterocycles. The Kier molecular flexibility index (Phi) is 14.0. The number of benzene rings is 1. The van der Waals surface area contributed by atoms with Crippen molar-refractivity contribution in [3.63, 3.8) is 0 Å². The molecule has 18 nitrogen and oxygen atoms in total. The Hall–Kier alpha value is -5.39. The molecule has 0 radical (unpaired) electrons. The molecule has 7 N–H and O–H groups in total. The number of hydrogen-bond acceptors (Lipinski definition) is 10. The summed E-state index contributed by atoms with van der Waals surface area (Å²) in [6, 6.07) is 1.46. The topological polar surface area (TPSA) is 246 Å². The average Bonchev–Trinajstić information content (AvgIpc) is 3.90. The van der Waals surface area contributed by atoms with Gasteiger partial charge in [0.05, 0.1) is 12.0 Å². The fraction of sp³-hybridized carbons (Fsp3) is 0.634. The fourth-order valence-corrected chi connectivity index (χ4v) is 8.62. The van der Waals surface area contributed by atoms with E-state index in [0.717, 1.165) is 25.1 Å². The first-order valence-corrected chi connectivity index (χ1v) is 21.0. The highest BCUT2D eigenvalue weighted by Crippen LogP contribution is 2.27. The van der Waals surface area contributed by atoms with Gasteiger partial charge in [0.2, 0.25) is 41.3 Å². The van der Waals surface area contributed by atoms with Gasteiger partial charge in [0.1, 0.15) is 36.0 Å². The number of carbonyl (C=O) groups is 7. The lowest BCUT2D eigenvalue weighted by Crippen LogP contribution is -2.61. The molecule has 0 bridgehead atoms. The largest absolute Gasteiger partial charge is 0.391 e. The maximum Gasteiger partial charge on any atom is 0.289 e. The van der Waals surface area contributed by atoms with E-state index < -0.39 is 95.7 Å². The van der Waals surface area contributed by atoms with Gasteiger partial charge in [-0.15, -0.1) is 10.2 Å². The highest BCUT2D eigenvalue weighted by atomic mass is 16.3. The monoisotopic (exact) mass is 818 g/mol. The first-order chi connectivity index (χ1) is 28.2. The molecule has 3 fully saturated rings. The number of nitrogens with one attached hydrogen (secondary N) is 6. The van der Waals surface area contributed by atoms with Crippen LogP contribution in [-0.4, -0.2) is 121 Å². The van der Waals surface area contributed by atoms with Gasteiger partial charge >= 0.3 is 0 Å². The molecule has 7 amide bonds. The lowest BCUT2D eigenvalue weighted by atomic mass is 9.98. The number of aromatic nitrogens is 3. The van der Waals surface area contributed by atoms with E-state index in [2.05, 4.69) is 42.1 Å². The van der Waals surface area contributed by atoms with Crippen molar-refractivity contribution in [2.75, 3.05) is 6.54 Å². The van der Waals surface area contributed by atoms with E-state index in [1.807, 2.05) is 13.8 Å². The number of aliphatic hydroxyl groups excluding tert-OH is 1. The molecule has 4 aliphatic rings. The first-order valence-electron chi connectivity index (χ1n) is 21.0. The van der Waals surface area contributed by atoms with Gasteiger partial charge < -0.3 is 46.5 Å². The van der Waals surface area contributed by atoms with Gasteiger partial charge in [0.15, 0.2) is 0 Å². The van der Waals surface area contributed by atoms with Gasteiger partial charge in [-0.25, -0.2) is 0 Å². The number of hydrogen-bond donors (Lipinski definition) is 7. The van der Waals surface area contributed by atoms with Gasteiger partial charge in [-0.2, -0.15) is 0 Å². The normalized spacial score (nSPS) is 29.2. The Balaban J connectivity index is 1.34. The second kappa shape index (κ2) is 19.1. The van der Waals surface area contributed by atoms with Gasteiger partial charge in [-0.3, -0.25) is 33.6 Å². The van der Waals surface area contributed by atoms with Crippen molar-refractivity contribution in [2.24, 2.45) is 11.8 Å². The number of fused-ring (bicyclic) bond motifs is 3. The summed E-state index contributed by atoms with van der Waals surface area (Å²) in [5.41, 5.74) is 0.676. The first kappa shape index (κ1) is 43.2. The van der Waals surface area contributed by atoms with Crippen LogP contribution in [0.3, 0.4) is 0 Å². The van der Waals surface area contributed by atoms with E-state index in [4.69, 9.17) is 0 Å². The number of rotatable bonds is 7. The third kappa shape index (κ3) is 10.4. The van der Waals surface area contributed by atoms with Crippen LogP contribution in [0.2, 0.25) is 0 Å². The van der Waals surface area contributed by atoms with Crippen molar-refractivity contribution in [1.82, 2.24) is 51.6 Å². The SMILES string of the molecule is CC(C)C[C@@H]1NC(=O)[C@@H]2CCC[C@H]2NC(=O)[C@H](C)NC(=O)C2C[C@@H](NC(=O)c3nnc4n3CCCCC4)CN2C(=O)[C@H](Cc2ccccc2)NC(=O)[C@H]([C@@H](C)O)NC1=O. The summed E-state index contributed by atoms with van der Waals surface area (Å²) in [5.74, 6) is -4.17. The molecule has 18 heteroatoms. The number of aryl methyl sites for hydroxylation is 1. The van der Waals surface area contributed by atoms with Crippen LogP contribution >= 0.6 is 0 Å². The van der Waals surface area contributed by atoms with E-state index >= 15 is 0 Å². The van der Waals surface area contributed by atoms with E-state index in [-0.39, 0.29) is 37.5 Å². The minimum absolute atomic E-state index is 0.0148. The van der Waals surface area contributed by atoms with Crippen LogP contribution in [0, 0.1) is 11.8 Å². The minimum Gasteiger partial charge on any atom is -0.391 e. The lowest BCUT2D eigenvalue weighted by molar-refractivity contribution is -0.143. The van der Waals surface area contributed by atoms with Crippen molar-refractivity contribution in [2.45, 2.75) is 147 Å². The molecule has 1 aromatic heterocycles. The molecule has 1 aliphatic carbocycles.